The Morgan fingerprint density at radius 2 is 2.33 bits per heavy atom. The number of aromatic nitrogens is 2. The predicted molar refractivity (Wildman–Crippen MR) is 71.9 cm³/mol. The number of hydrogen-bond acceptors (Lipinski definition) is 6. The van der Waals surface area contributed by atoms with Crippen LogP contribution in [0.3, 0.4) is 0 Å². The minimum absolute atomic E-state index is 0.0134. The highest BCUT2D eigenvalue weighted by atomic mass is 16.6. The van der Waals surface area contributed by atoms with Crippen molar-refractivity contribution in [2.45, 2.75) is 19.8 Å². The van der Waals surface area contributed by atoms with Gasteiger partial charge in [-0.05, 0) is 12.0 Å². The number of carbonyl (C=O) groups excluding carboxylic acids is 1. The molecule has 0 N–H and O–H groups in total. The second-order valence-electron chi connectivity index (χ2n) is 4.77. The molecule has 3 rings (SSSR count). The zero-order valence-corrected chi connectivity index (χ0v) is 11.3. The van der Waals surface area contributed by atoms with E-state index in [1.165, 1.54) is 17.0 Å². The van der Waals surface area contributed by atoms with Gasteiger partial charge in [0.25, 0.3) is 5.69 Å². The lowest BCUT2D eigenvalue weighted by Crippen LogP contribution is -2.30. The summed E-state index contributed by atoms with van der Waals surface area (Å²) in [4.78, 5) is 28.2. The van der Waals surface area contributed by atoms with E-state index in [1.807, 2.05) is 0 Å². The number of amides is 1. The third-order valence-corrected chi connectivity index (χ3v) is 3.36. The van der Waals surface area contributed by atoms with E-state index in [2.05, 4.69) is 10.1 Å². The molecule has 1 aromatic carbocycles. The Hall–Kier alpha value is -2.77. The van der Waals surface area contributed by atoms with Crippen molar-refractivity contribution in [2.75, 3.05) is 11.4 Å². The van der Waals surface area contributed by atoms with Crippen molar-refractivity contribution >= 4 is 17.3 Å². The van der Waals surface area contributed by atoms with E-state index in [0.29, 0.717) is 30.4 Å². The number of benzene rings is 1. The van der Waals surface area contributed by atoms with Crippen LogP contribution in [0.5, 0.6) is 0 Å². The Morgan fingerprint density at radius 3 is 3.00 bits per heavy atom. The number of fused-ring (bicyclic) bond motifs is 1. The van der Waals surface area contributed by atoms with Crippen molar-refractivity contribution in [3.05, 3.63) is 45.6 Å². The third-order valence-electron chi connectivity index (χ3n) is 3.36. The number of nitro benzene ring substituents is 1. The van der Waals surface area contributed by atoms with Crippen LogP contribution in [0.4, 0.5) is 11.4 Å². The fourth-order valence-corrected chi connectivity index (χ4v) is 2.38. The number of carbonyl (C=O) groups is 1. The third kappa shape index (κ3) is 2.47. The molecule has 0 radical (unpaired) electrons. The van der Waals surface area contributed by atoms with Crippen LogP contribution < -0.4 is 4.90 Å². The fraction of sp³-hybridized carbons (Fsp3) is 0.308. The molecule has 0 atom stereocenters. The maximum absolute atomic E-state index is 12.3. The Balaban J connectivity index is 1.84. The first kappa shape index (κ1) is 13.2. The minimum Gasteiger partial charge on any atom is -0.340 e. The zero-order chi connectivity index (χ0) is 15.0. The van der Waals surface area contributed by atoms with E-state index in [9.17, 15) is 14.9 Å². The zero-order valence-electron chi connectivity index (χ0n) is 11.3. The van der Waals surface area contributed by atoms with Crippen LogP contribution in [0.1, 0.15) is 17.3 Å². The summed E-state index contributed by atoms with van der Waals surface area (Å²) in [7, 11) is 0. The van der Waals surface area contributed by atoms with Gasteiger partial charge in [0.15, 0.2) is 5.82 Å². The molecule has 1 aromatic heterocycles. The van der Waals surface area contributed by atoms with Gasteiger partial charge in [-0.15, -0.1) is 0 Å². The van der Waals surface area contributed by atoms with Gasteiger partial charge >= 0.3 is 0 Å². The summed E-state index contributed by atoms with van der Waals surface area (Å²) in [6, 6.07) is 4.58. The van der Waals surface area contributed by atoms with Crippen molar-refractivity contribution in [2.24, 2.45) is 0 Å². The Kier molecular flexibility index (Phi) is 3.13. The SMILES string of the molecule is Cc1nc(CC(=O)N2CCc3ccc([N+](=O)[O-])cc32)no1. The molecular weight excluding hydrogens is 276 g/mol. The van der Waals surface area contributed by atoms with Crippen molar-refractivity contribution < 1.29 is 14.2 Å². The van der Waals surface area contributed by atoms with Gasteiger partial charge in [-0.25, -0.2) is 0 Å². The molecule has 1 aliphatic heterocycles. The van der Waals surface area contributed by atoms with E-state index in [-0.39, 0.29) is 18.0 Å². The Labute approximate surface area is 119 Å². The molecule has 2 aromatic rings. The van der Waals surface area contributed by atoms with Gasteiger partial charge in [0.1, 0.15) is 0 Å². The number of non-ortho nitro benzene ring substituents is 1. The Bertz CT molecular complexity index is 725. The first-order valence-electron chi connectivity index (χ1n) is 6.41. The van der Waals surface area contributed by atoms with Crippen LogP contribution in [0, 0.1) is 17.0 Å². The molecule has 0 spiro atoms. The number of anilines is 1. The summed E-state index contributed by atoms with van der Waals surface area (Å²) < 4.78 is 4.83. The summed E-state index contributed by atoms with van der Waals surface area (Å²) >= 11 is 0. The largest absolute Gasteiger partial charge is 0.340 e. The molecule has 108 valence electrons. The van der Waals surface area contributed by atoms with Gasteiger partial charge in [0, 0.05) is 25.6 Å². The lowest BCUT2D eigenvalue weighted by Gasteiger charge is -2.16. The summed E-state index contributed by atoms with van der Waals surface area (Å²) in [5, 5.41) is 14.5. The molecule has 1 aliphatic rings. The lowest BCUT2D eigenvalue weighted by atomic mass is 10.1. The average molecular weight is 288 g/mol. The highest BCUT2D eigenvalue weighted by molar-refractivity contribution is 5.96. The highest BCUT2D eigenvalue weighted by Crippen LogP contribution is 2.31. The van der Waals surface area contributed by atoms with E-state index >= 15 is 0 Å². The fourth-order valence-electron chi connectivity index (χ4n) is 2.38. The summed E-state index contributed by atoms with van der Waals surface area (Å²) in [5.41, 5.74) is 1.50. The maximum Gasteiger partial charge on any atom is 0.271 e. The Morgan fingerprint density at radius 1 is 1.52 bits per heavy atom. The van der Waals surface area contributed by atoms with Gasteiger partial charge in [0.2, 0.25) is 11.8 Å². The van der Waals surface area contributed by atoms with Gasteiger partial charge in [-0.3, -0.25) is 14.9 Å². The van der Waals surface area contributed by atoms with Crippen molar-refractivity contribution in [3.8, 4) is 0 Å². The van der Waals surface area contributed by atoms with Crippen molar-refractivity contribution in [3.63, 3.8) is 0 Å². The van der Waals surface area contributed by atoms with Crippen LogP contribution in [0.15, 0.2) is 22.7 Å². The molecule has 21 heavy (non-hydrogen) atoms. The highest BCUT2D eigenvalue weighted by Gasteiger charge is 2.27. The number of aryl methyl sites for hydroxylation is 1. The van der Waals surface area contributed by atoms with E-state index < -0.39 is 4.92 Å². The molecule has 0 unspecified atom stereocenters. The monoisotopic (exact) mass is 288 g/mol. The number of hydrogen-bond donors (Lipinski definition) is 0. The molecule has 0 saturated heterocycles. The van der Waals surface area contributed by atoms with Crippen LogP contribution in [0.25, 0.3) is 0 Å². The summed E-state index contributed by atoms with van der Waals surface area (Å²) in [6.45, 7) is 2.15. The van der Waals surface area contributed by atoms with Gasteiger partial charge in [-0.2, -0.15) is 4.98 Å². The quantitative estimate of drug-likeness (QED) is 0.625. The second-order valence-corrected chi connectivity index (χ2v) is 4.77. The standard InChI is InChI=1S/C13H12N4O4/c1-8-14-12(15-21-8)7-13(18)16-5-4-9-2-3-10(17(19)20)6-11(9)16/h2-3,6H,4-5,7H2,1H3. The maximum atomic E-state index is 12.3. The molecule has 0 bridgehead atoms. The topological polar surface area (TPSA) is 102 Å². The molecule has 0 saturated carbocycles. The van der Waals surface area contributed by atoms with E-state index in [1.54, 1.807) is 13.0 Å². The molecule has 8 heteroatoms. The second kappa shape index (κ2) is 4.97. The smallest absolute Gasteiger partial charge is 0.271 e. The molecule has 2 heterocycles. The van der Waals surface area contributed by atoms with Gasteiger partial charge in [-0.1, -0.05) is 11.2 Å². The van der Waals surface area contributed by atoms with Crippen LogP contribution in [-0.4, -0.2) is 27.5 Å². The molecule has 8 nitrogen and oxygen atoms in total. The summed E-state index contributed by atoms with van der Waals surface area (Å²) in [5.74, 6) is 0.515. The summed E-state index contributed by atoms with van der Waals surface area (Å²) in [6.07, 6.45) is 0.698. The average Bonchev–Trinajstić information content (AvgIpc) is 3.04. The molecule has 1 amide bonds. The first-order valence-corrected chi connectivity index (χ1v) is 6.41. The number of nitro groups is 1. The first-order chi connectivity index (χ1) is 10.0. The van der Waals surface area contributed by atoms with E-state index in [0.717, 1.165) is 5.56 Å². The van der Waals surface area contributed by atoms with Crippen LogP contribution in [-0.2, 0) is 17.6 Å². The van der Waals surface area contributed by atoms with Gasteiger partial charge < -0.3 is 9.42 Å². The number of nitrogens with zero attached hydrogens (tertiary/aromatic N) is 4. The van der Waals surface area contributed by atoms with Crippen LogP contribution >= 0.6 is 0 Å². The van der Waals surface area contributed by atoms with Crippen LogP contribution in [0.2, 0.25) is 0 Å². The minimum atomic E-state index is -0.468. The van der Waals surface area contributed by atoms with Crippen molar-refractivity contribution in [1.82, 2.24) is 10.1 Å². The predicted octanol–water partition coefficient (Wildman–Crippen LogP) is 1.42. The number of rotatable bonds is 3. The molecule has 0 fully saturated rings. The normalized spacial score (nSPS) is 13.3. The van der Waals surface area contributed by atoms with Gasteiger partial charge in [0.05, 0.1) is 17.0 Å². The molecular formula is C13H12N4O4. The molecule has 0 aliphatic carbocycles. The van der Waals surface area contributed by atoms with Crippen molar-refractivity contribution in [1.29, 1.82) is 0 Å². The lowest BCUT2D eigenvalue weighted by molar-refractivity contribution is -0.384. The van der Waals surface area contributed by atoms with E-state index in [4.69, 9.17) is 4.52 Å².